The molecule has 0 radical (unpaired) electrons. The van der Waals surface area contributed by atoms with Gasteiger partial charge in [-0.2, -0.15) is 15.9 Å². The SMILES string of the molecule is Cn1ncc2c1CCCC2C1=C2C=NC=C[N+]2(N)C(Br)=N1. The summed E-state index contributed by atoms with van der Waals surface area (Å²) in [6.07, 6.45) is 10.6. The molecule has 6 nitrogen and oxygen atoms in total. The van der Waals surface area contributed by atoms with Crippen LogP contribution in [0.5, 0.6) is 0 Å². The van der Waals surface area contributed by atoms with Gasteiger partial charge in [-0.15, -0.1) is 4.59 Å². The van der Waals surface area contributed by atoms with Gasteiger partial charge in [-0.05, 0) is 19.3 Å². The standard InChI is InChI=1S/C14H16BrN6/c1-20-11-4-2-3-9(10(11)7-18-20)13-12-8-17-5-6-21(12,16)14(15)19-13/h5-9H,2-4,16H2,1H3/q+1. The zero-order valence-corrected chi connectivity index (χ0v) is 13.3. The van der Waals surface area contributed by atoms with Gasteiger partial charge in [0.1, 0.15) is 11.9 Å². The van der Waals surface area contributed by atoms with Crippen LogP contribution < -0.4 is 5.84 Å². The number of aliphatic imine (C=N–C) groups is 2. The first kappa shape index (κ1) is 13.1. The van der Waals surface area contributed by atoms with E-state index in [1.807, 2.05) is 30.3 Å². The number of halogens is 1. The predicted molar refractivity (Wildman–Crippen MR) is 84.4 cm³/mol. The maximum absolute atomic E-state index is 6.43. The van der Waals surface area contributed by atoms with Crippen molar-refractivity contribution in [2.45, 2.75) is 25.2 Å². The quantitative estimate of drug-likeness (QED) is 0.480. The van der Waals surface area contributed by atoms with Crippen LogP contribution in [-0.4, -0.2) is 25.3 Å². The average molecular weight is 348 g/mol. The third kappa shape index (κ3) is 1.74. The number of amidine groups is 1. The van der Waals surface area contributed by atoms with Gasteiger partial charge in [0.15, 0.2) is 0 Å². The lowest BCUT2D eigenvalue weighted by atomic mass is 9.84. The minimum Gasteiger partial charge on any atom is -0.272 e. The van der Waals surface area contributed by atoms with Crippen molar-refractivity contribution < 1.29 is 4.59 Å². The molecule has 1 aromatic rings. The van der Waals surface area contributed by atoms with Crippen molar-refractivity contribution in [1.82, 2.24) is 9.78 Å². The van der Waals surface area contributed by atoms with Crippen LogP contribution >= 0.6 is 15.9 Å². The number of hydrogen-bond donors (Lipinski definition) is 1. The Hall–Kier alpha value is -1.57. The van der Waals surface area contributed by atoms with Crippen LogP contribution in [-0.2, 0) is 13.5 Å². The monoisotopic (exact) mass is 347 g/mol. The average Bonchev–Trinajstić information content (AvgIpc) is 2.99. The summed E-state index contributed by atoms with van der Waals surface area (Å²) in [6.45, 7) is 0. The van der Waals surface area contributed by atoms with Crippen LogP contribution in [0.2, 0.25) is 0 Å². The number of hydrogen-bond acceptors (Lipinski definition) is 4. The Bertz CT molecular complexity index is 741. The van der Waals surface area contributed by atoms with E-state index < -0.39 is 0 Å². The highest BCUT2D eigenvalue weighted by Crippen LogP contribution is 2.43. The molecule has 3 aliphatic rings. The highest BCUT2D eigenvalue weighted by Gasteiger charge is 2.45. The first-order valence-corrected chi connectivity index (χ1v) is 7.79. The lowest BCUT2D eigenvalue weighted by molar-refractivity contribution is -0.746. The summed E-state index contributed by atoms with van der Waals surface area (Å²) < 4.78 is 2.75. The molecule has 4 rings (SSSR count). The second kappa shape index (κ2) is 4.46. The third-order valence-electron chi connectivity index (χ3n) is 4.47. The minimum absolute atomic E-state index is 0.0743. The number of nitrogens with zero attached hydrogens (tertiary/aromatic N) is 5. The smallest absolute Gasteiger partial charge is 0.272 e. The molecule has 0 aromatic carbocycles. The molecule has 0 saturated heterocycles. The summed E-state index contributed by atoms with van der Waals surface area (Å²) in [6, 6.07) is 0. The van der Waals surface area contributed by atoms with Gasteiger partial charge in [0.25, 0.3) is 0 Å². The van der Waals surface area contributed by atoms with Crippen LogP contribution in [0.1, 0.15) is 30.0 Å². The van der Waals surface area contributed by atoms with E-state index in [9.17, 15) is 0 Å². The van der Waals surface area contributed by atoms with Gasteiger partial charge in [0.05, 0.1) is 18.6 Å². The van der Waals surface area contributed by atoms with Crippen LogP contribution in [0.4, 0.5) is 0 Å². The number of aryl methyl sites for hydroxylation is 1. The zero-order chi connectivity index (χ0) is 14.6. The largest absolute Gasteiger partial charge is 0.301 e. The van der Waals surface area contributed by atoms with E-state index in [1.165, 1.54) is 11.3 Å². The fourth-order valence-corrected chi connectivity index (χ4v) is 3.84. The molecule has 2 atom stereocenters. The second-order valence-electron chi connectivity index (χ2n) is 5.62. The van der Waals surface area contributed by atoms with Gasteiger partial charge in [-0.3, -0.25) is 9.67 Å². The van der Waals surface area contributed by atoms with Crippen molar-refractivity contribution in [3.8, 4) is 0 Å². The minimum atomic E-state index is 0.0743. The molecule has 3 heterocycles. The van der Waals surface area contributed by atoms with Gasteiger partial charge < -0.3 is 0 Å². The van der Waals surface area contributed by atoms with Crippen molar-refractivity contribution in [1.29, 1.82) is 0 Å². The Morgan fingerprint density at radius 3 is 3.19 bits per heavy atom. The Balaban J connectivity index is 1.87. The number of allylic oxidation sites excluding steroid dienone is 2. The topological polar surface area (TPSA) is 68.6 Å². The summed E-state index contributed by atoms with van der Waals surface area (Å²) >= 11 is 3.51. The molecule has 1 aliphatic carbocycles. The molecule has 108 valence electrons. The van der Waals surface area contributed by atoms with E-state index in [0.29, 0.717) is 4.74 Å². The predicted octanol–water partition coefficient (Wildman–Crippen LogP) is 2.06. The first-order valence-electron chi connectivity index (χ1n) is 7.00. The highest BCUT2D eigenvalue weighted by molar-refractivity contribution is 9.18. The Morgan fingerprint density at radius 2 is 2.33 bits per heavy atom. The number of quaternary nitrogens is 1. The fraction of sp³-hybridized carbons (Fsp3) is 0.357. The lowest BCUT2D eigenvalue weighted by Crippen LogP contribution is -2.50. The molecule has 0 bridgehead atoms. The van der Waals surface area contributed by atoms with Crippen molar-refractivity contribution in [2.75, 3.05) is 0 Å². The van der Waals surface area contributed by atoms with Crippen molar-refractivity contribution in [2.24, 2.45) is 22.9 Å². The molecule has 0 amide bonds. The van der Waals surface area contributed by atoms with E-state index >= 15 is 0 Å². The second-order valence-corrected chi connectivity index (χ2v) is 6.33. The molecule has 7 heteroatoms. The van der Waals surface area contributed by atoms with E-state index in [1.54, 1.807) is 6.20 Å². The normalized spacial score (nSPS) is 30.4. The maximum atomic E-state index is 6.43. The van der Waals surface area contributed by atoms with Crippen LogP contribution in [0, 0.1) is 0 Å². The lowest BCUT2D eigenvalue weighted by Gasteiger charge is -2.25. The van der Waals surface area contributed by atoms with E-state index in [4.69, 9.17) is 10.8 Å². The van der Waals surface area contributed by atoms with Gasteiger partial charge in [0.2, 0.25) is 5.70 Å². The van der Waals surface area contributed by atoms with Crippen molar-refractivity contribution >= 4 is 26.9 Å². The Kier molecular flexibility index (Phi) is 2.79. The fourth-order valence-electron chi connectivity index (χ4n) is 3.34. The number of nitrogens with two attached hydrogens (primary N) is 1. The molecule has 0 fully saturated rings. The summed E-state index contributed by atoms with van der Waals surface area (Å²) in [5.74, 6) is 6.68. The van der Waals surface area contributed by atoms with Crippen LogP contribution in [0.15, 0.2) is 40.0 Å². The summed E-state index contributed by atoms with van der Waals surface area (Å²) in [4.78, 5) is 8.95. The first-order chi connectivity index (χ1) is 10.1. The van der Waals surface area contributed by atoms with Gasteiger partial charge in [-0.1, -0.05) is 0 Å². The Labute approximate surface area is 131 Å². The van der Waals surface area contributed by atoms with Crippen LogP contribution in [0.25, 0.3) is 0 Å². The molecular formula is C14H16BrN6+. The van der Waals surface area contributed by atoms with Crippen molar-refractivity contribution in [3.63, 3.8) is 0 Å². The number of fused-ring (bicyclic) bond motifs is 2. The summed E-state index contributed by atoms with van der Waals surface area (Å²) in [7, 11) is 2.00. The number of rotatable bonds is 1. The highest BCUT2D eigenvalue weighted by atomic mass is 79.9. The van der Waals surface area contributed by atoms with Gasteiger partial charge in [-0.25, -0.2) is 0 Å². The molecular weight excluding hydrogens is 332 g/mol. The van der Waals surface area contributed by atoms with Gasteiger partial charge >= 0.3 is 4.74 Å². The number of aromatic nitrogens is 2. The van der Waals surface area contributed by atoms with Crippen LogP contribution in [0.3, 0.4) is 0 Å². The molecule has 0 spiro atoms. The molecule has 2 N–H and O–H groups in total. The molecule has 0 saturated carbocycles. The molecule has 2 aliphatic heterocycles. The van der Waals surface area contributed by atoms with Gasteiger partial charge in [0, 0.05) is 40.2 Å². The van der Waals surface area contributed by atoms with E-state index in [2.05, 4.69) is 26.0 Å². The maximum Gasteiger partial charge on any atom is 0.301 e. The molecule has 21 heavy (non-hydrogen) atoms. The third-order valence-corrected chi connectivity index (χ3v) is 5.23. The van der Waals surface area contributed by atoms with E-state index in [0.717, 1.165) is 30.7 Å². The van der Waals surface area contributed by atoms with Crippen molar-refractivity contribution in [3.05, 3.63) is 41.2 Å². The molecule has 1 aromatic heterocycles. The molecule has 2 unspecified atom stereocenters. The summed E-state index contributed by atoms with van der Waals surface area (Å²) in [5, 5.41) is 4.41. The van der Waals surface area contributed by atoms with E-state index in [-0.39, 0.29) is 10.5 Å². The Morgan fingerprint density at radius 1 is 1.48 bits per heavy atom. The summed E-state index contributed by atoms with van der Waals surface area (Å²) in [5.41, 5.74) is 4.51. The zero-order valence-electron chi connectivity index (χ0n) is 11.7.